The van der Waals surface area contributed by atoms with Crippen molar-refractivity contribution >= 4 is 42.6 Å². The van der Waals surface area contributed by atoms with Crippen LogP contribution in [0.2, 0.25) is 0 Å². The summed E-state index contributed by atoms with van der Waals surface area (Å²) in [7, 11) is -2.54. The van der Waals surface area contributed by atoms with Crippen LogP contribution in [0.25, 0.3) is 10.2 Å². The largest absolute Gasteiger partial charge is 0.496 e. The van der Waals surface area contributed by atoms with Gasteiger partial charge in [0.2, 0.25) is 10.0 Å². The molecule has 0 aliphatic carbocycles. The monoisotopic (exact) mass is 391 g/mol. The van der Waals surface area contributed by atoms with E-state index < -0.39 is 15.9 Å². The van der Waals surface area contributed by atoms with Gasteiger partial charge in [0.1, 0.15) is 5.75 Å². The normalized spacial score (nSPS) is 11.5. The molecule has 0 radical (unpaired) electrons. The van der Waals surface area contributed by atoms with Gasteiger partial charge in [0.15, 0.2) is 5.13 Å². The summed E-state index contributed by atoms with van der Waals surface area (Å²) in [5, 5.41) is 8.25. The van der Waals surface area contributed by atoms with Gasteiger partial charge < -0.3 is 4.74 Å². The topological polar surface area (TPSA) is 111 Å². The van der Waals surface area contributed by atoms with E-state index in [2.05, 4.69) is 17.2 Å². The molecule has 0 saturated heterocycles. The third-order valence-corrected chi connectivity index (χ3v) is 5.67. The van der Waals surface area contributed by atoms with Crippen molar-refractivity contribution in [3.05, 3.63) is 47.5 Å². The Hall–Kier alpha value is -2.49. The van der Waals surface area contributed by atoms with Crippen molar-refractivity contribution in [2.45, 2.75) is 18.2 Å². The number of sulfonamides is 1. The molecule has 0 fully saturated rings. The number of methoxy groups -OCH3 is 1. The van der Waals surface area contributed by atoms with E-state index in [1.54, 1.807) is 0 Å². The lowest BCUT2D eigenvalue weighted by molar-refractivity contribution is 0.102. The van der Waals surface area contributed by atoms with Crippen molar-refractivity contribution < 1.29 is 17.9 Å². The van der Waals surface area contributed by atoms with Gasteiger partial charge in [0.25, 0.3) is 5.91 Å². The molecule has 2 aromatic carbocycles. The number of carbonyl (C=O) groups excluding carboxylic acids is 1. The molecule has 0 atom stereocenters. The molecular formula is C17H17N3O4S2. The highest BCUT2D eigenvalue weighted by molar-refractivity contribution is 7.89. The molecule has 3 rings (SSSR count). The number of nitrogens with two attached hydrogens (primary N) is 1. The summed E-state index contributed by atoms with van der Waals surface area (Å²) in [5.74, 6) is -0.286. The van der Waals surface area contributed by atoms with Crippen LogP contribution in [0.4, 0.5) is 5.13 Å². The molecule has 136 valence electrons. The lowest BCUT2D eigenvalue weighted by atomic mass is 10.2. The Morgan fingerprint density at radius 1 is 1.27 bits per heavy atom. The van der Waals surface area contributed by atoms with E-state index in [-0.39, 0.29) is 16.2 Å². The summed E-state index contributed by atoms with van der Waals surface area (Å²) in [6.45, 7) is 2.07. The van der Waals surface area contributed by atoms with Crippen molar-refractivity contribution in [2.24, 2.45) is 5.14 Å². The number of ether oxygens (including phenoxy) is 1. The summed E-state index contributed by atoms with van der Waals surface area (Å²) in [4.78, 5) is 16.8. The molecule has 0 unspecified atom stereocenters. The number of aromatic nitrogens is 1. The van der Waals surface area contributed by atoms with Crippen LogP contribution < -0.4 is 15.2 Å². The maximum absolute atomic E-state index is 12.6. The summed E-state index contributed by atoms with van der Waals surface area (Å²) in [6, 6.07) is 9.79. The quantitative estimate of drug-likeness (QED) is 0.695. The average molecular weight is 391 g/mol. The maximum Gasteiger partial charge on any atom is 0.261 e. The Morgan fingerprint density at radius 3 is 2.69 bits per heavy atom. The molecule has 9 heteroatoms. The highest BCUT2D eigenvalue weighted by Crippen LogP contribution is 2.29. The van der Waals surface area contributed by atoms with Gasteiger partial charge >= 0.3 is 0 Å². The SMILES string of the molecule is CCc1ccc2nc(NC(=O)c3cc(S(N)(=O)=O)ccc3OC)sc2c1. The molecular weight excluding hydrogens is 374 g/mol. The third-order valence-electron chi connectivity index (χ3n) is 3.83. The number of rotatable bonds is 5. The van der Waals surface area contributed by atoms with Gasteiger partial charge in [-0.25, -0.2) is 18.5 Å². The van der Waals surface area contributed by atoms with E-state index in [0.717, 1.165) is 16.6 Å². The summed E-state index contributed by atoms with van der Waals surface area (Å²) < 4.78 is 29.2. The molecule has 7 nitrogen and oxygen atoms in total. The van der Waals surface area contributed by atoms with Crippen molar-refractivity contribution in [1.29, 1.82) is 0 Å². The van der Waals surface area contributed by atoms with E-state index in [1.165, 1.54) is 42.2 Å². The zero-order valence-electron chi connectivity index (χ0n) is 14.1. The number of fused-ring (bicyclic) bond motifs is 1. The number of amides is 1. The first-order valence-corrected chi connectivity index (χ1v) is 10.1. The molecule has 3 N–H and O–H groups in total. The second-order valence-electron chi connectivity index (χ2n) is 5.54. The van der Waals surface area contributed by atoms with Crippen molar-refractivity contribution in [3.8, 4) is 5.75 Å². The predicted octanol–water partition coefficient (Wildman–Crippen LogP) is 2.77. The molecule has 0 aliphatic rings. The number of carbonyl (C=O) groups is 1. The fraction of sp³-hybridized carbons (Fsp3) is 0.176. The summed E-state index contributed by atoms with van der Waals surface area (Å²) >= 11 is 1.35. The average Bonchev–Trinajstić information content (AvgIpc) is 3.01. The van der Waals surface area contributed by atoms with Crippen LogP contribution in [0.15, 0.2) is 41.3 Å². The number of hydrogen-bond donors (Lipinski definition) is 2. The van der Waals surface area contributed by atoms with Crippen LogP contribution in [0.5, 0.6) is 5.75 Å². The zero-order chi connectivity index (χ0) is 18.9. The minimum atomic E-state index is -3.93. The van der Waals surface area contributed by atoms with Gasteiger partial charge in [-0.15, -0.1) is 0 Å². The smallest absolute Gasteiger partial charge is 0.261 e. The predicted molar refractivity (Wildman–Crippen MR) is 101 cm³/mol. The Morgan fingerprint density at radius 2 is 2.04 bits per heavy atom. The first-order valence-electron chi connectivity index (χ1n) is 7.73. The van der Waals surface area contributed by atoms with E-state index in [0.29, 0.717) is 5.13 Å². The molecule has 0 aliphatic heterocycles. The highest BCUT2D eigenvalue weighted by atomic mass is 32.2. The van der Waals surface area contributed by atoms with E-state index in [1.807, 2.05) is 18.2 Å². The van der Waals surface area contributed by atoms with Crippen LogP contribution >= 0.6 is 11.3 Å². The molecule has 1 heterocycles. The third kappa shape index (κ3) is 3.69. The zero-order valence-corrected chi connectivity index (χ0v) is 15.8. The summed E-state index contributed by atoms with van der Waals surface area (Å²) in [5.41, 5.74) is 2.03. The van der Waals surface area contributed by atoms with Gasteiger partial charge in [-0.2, -0.15) is 0 Å². The van der Waals surface area contributed by atoms with Gasteiger partial charge in [0.05, 0.1) is 27.8 Å². The van der Waals surface area contributed by atoms with Crippen LogP contribution in [-0.2, 0) is 16.4 Å². The van der Waals surface area contributed by atoms with Crippen LogP contribution in [0.1, 0.15) is 22.8 Å². The summed E-state index contributed by atoms with van der Waals surface area (Å²) in [6.07, 6.45) is 0.910. The molecule has 1 amide bonds. The van der Waals surface area contributed by atoms with E-state index in [9.17, 15) is 13.2 Å². The Bertz CT molecular complexity index is 1090. The Balaban J connectivity index is 1.94. The molecule has 0 saturated carbocycles. The van der Waals surface area contributed by atoms with E-state index in [4.69, 9.17) is 9.88 Å². The number of thiazole rings is 1. The molecule has 0 spiro atoms. The number of hydrogen-bond acceptors (Lipinski definition) is 6. The van der Waals surface area contributed by atoms with E-state index >= 15 is 0 Å². The Labute approximate surface area is 154 Å². The number of primary sulfonamides is 1. The number of anilines is 1. The highest BCUT2D eigenvalue weighted by Gasteiger charge is 2.18. The Kier molecular flexibility index (Phi) is 4.94. The van der Waals surface area contributed by atoms with Gasteiger partial charge in [0, 0.05) is 0 Å². The van der Waals surface area contributed by atoms with Crippen LogP contribution in [-0.4, -0.2) is 26.4 Å². The first-order chi connectivity index (χ1) is 12.3. The van der Waals surface area contributed by atoms with Crippen LogP contribution in [0, 0.1) is 0 Å². The fourth-order valence-corrected chi connectivity index (χ4v) is 3.91. The second-order valence-corrected chi connectivity index (χ2v) is 8.13. The molecule has 0 bridgehead atoms. The van der Waals surface area contributed by atoms with Crippen molar-refractivity contribution in [1.82, 2.24) is 4.98 Å². The van der Waals surface area contributed by atoms with Gasteiger partial charge in [-0.3, -0.25) is 10.1 Å². The molecule has 1 aromatic heterocycles. The lowest BCUT2D eigenvalue weighted by Crippen LogP contribution is -2.16. The lowest BCUT2D eigenvalue weighted by Gasteiger charge is -2.09. The molecule has 3 aromatic rings. The van der Waals surface area contributed by atoms with Gasteiger partial charge in [-0.05, 0) is 42.3 Å². The minimum absolute atomic E-state index is 0.0625. The van der Waals surface area contributed by atoms with Crippen molar-refractivity contribution in [2.75, 3.05) is 12.4 Å². The van der Waals surface area contributed by atoms with Crippen molar-refractivity contribution in [3.63, 3.8) is 0 Å². The standard InChI is InChI=1S/C17H17N3O4S2/c1-3-10-4-6-13-15(8-10)25-17(19-13)20-16(21)12-9-11(26(18,22)23)5-7-14(12)24-2/h4-9H,3H2,1-2H3,(H2,18,22,23)(H,19,20,21). The fourth-order valence-electron chi connectivity index (χ4n) is 2.45. The maximum atomic E-state index is 12.6. The first kappa shape index (κ1) is 18.3. The number of nitrogens with one attached hydrogen (secondary N) is 1. The minimum Gasteiger partial charge on any atom is -0.496 e. The number of aryl methyl sites for hydroxylation is 1. The molecule has 26 heavy (non-hydrogen) atoms. The number of benzene rings is 2. The number of nitrogens with zero attached hydrogens (tertiary/aromatic N) is 1. The second kappa shape index (κ2) is 7.02. The van der Waals surface area contributed by atoms with Crippen LogP contribution in [0.3, 0.4) is 0 Å². The van der Waals surface area contributed by atoms with Gasteiger partial charge in [-0.1, -0.05) is 24.3 Å².